The second-order valence-electron chi connectivity index (χ2n) is 7.91. The van der Waals surface area contributed by atoms with E-state index in [0.29, 0.717) is 43.3 Å². The highest BCUT2D eigenvalue weighted by Crippen LogP contribution is 2.23. The molecule has 0 spiro atoms. The molecule has 0 unspecified atom stereocenters. The normalized spacial score (nSPS) is 17.9. The molecule has 0 N–H and O–H groups in total. The maximum atomic E-state index is 12.9. The van der Waals surface area contributed by atoms with Gasteiger partial charge in [-0.05, 0) is 55.0 Å². The van der Waals surface area contributed by atoms with E-state index in [1.165, 1.54) is 5.56 Å². The summed E-state index contributed by atoms with van der Waals surface area (Å²) in [5.41, 5.74) is 2.66. The molecule has 152 valence electrons. The van der Waals surface area contributed by atoms with Crippen LogP contribution in [0.2, 0.25) is 0 Å². The van der Waals surface area contributed by atoms with Gasteiger partial charge in [0.05, 0.1) is 13.2 Å². The first-order valence-corrected chi connectivity index (χ1v) is 10.5. The number of hydrogen-bond acceptors (Lipinski definition) is 3. The Kier molecular flexibility index (Phi) is 6.25. The molecule has 2 aliphatic rings. The zero-order valence-electron chi connectivity index (χ0n) is 16.8. The van der Waals surface area contributed by atoms with Gasteiger partial charge < -0.3 is 14.5 Å². The van der Waals surface area contributed by atoms with E-state index in [9.17, 15) is 9.59 Å². The van der Waals surface area contributed by atoms with Crippen LogP contribution in [0.25, 0.3) is 0 Å². The second kappa shape index (κ2) is 9.23. The van der Waals surface area contributed by atoms with Crippen LogP contribution in [0.15, 0.2) is 54.6 Å². The molecule has 5 heteroatoms. The number of benzene rings is 2. The summed E-state index contributed by atoms with van der Waals surface area (Å²) >= 11 is 0. The minimum absolute atomic E-state index is 0.00836. The van der Waals surface area contributed by atoms with Crippen molar-refractivity contribution in [3.8, 4) is 0 Å². The van der Waals surface area contributed by atoms with Gasteiger partial charge in [-0.2, -0.15) is 0 Å². The first kappa shape index (κ1) is 19.6. The van der Waals surface area contributed by atoms with E-state index in [2.05, 4.69) is 24.3 Å². The number of carbonyl (C=O) groups excluding carboxylic acids is 2. The number of ether oxygens (including phenoxy) is 1. The zero-order valence-corrected chi connectivity index (χ0v) is 16.8. The summed E-state index contributed by atoms with van der Waals surface area (Å²) in [5.74, 6) is 0.706. The molecule has 0 saturated carbocycles. The molecule has 2 aromatic rings. The topological polar surface area (TPSA) is 49.9 Å². The second-order valence-corrected chi connectivity index (χ2v) is 7.91. The molecule has 2 amide bonds. The Hall–Kier alpha value is -2.66. The Morgan fingerprint density at radius 2 is 1.28 bits per heavy atom. The van der Waals surface area contributed by atoms with Crippen molar-refractivity contribution in [3.63, 3.8) is 0 Å². The summed E-state index contributed by atoms with van der Waals surface area (Å²) in [7, 11) is 0. The van der Waals surface area contributed by atoms with Gasteiger partial charge in [0.25, 0.3) is 11.8 Å². The van der Waals surface area contributed by atoms with Gasteiger partial charge in [-0.25, -0.2) is 0 Å². The highest BCUT2D eigenvalue weighted by Gasteiger charge is 2.24. The average Bonchev–Trinajstić information content (AvgIpc) is 2.80. The molecule has 0 radical (unpaired) electrons. The van der Waals surface area contributed by atoms with Crippen molar-refractivity contribution in [3.05, 3.63) is 71.3 Å². The standard InChI is InChI=1S/C24H28N2O3/c27-23(25-12-10-20(11-13-25)18-19-4-2-1-3-5-19)21-6-8-22(9-7-21)24(28)26-14-16-29-17-15-26/h1-9,20H,10-18H2. The molecule has 2 aromatic carbocycles. The smallest absolute Gasteiger partial charge is 0.254 e. The van der Waals surface area contributed by atoms with E-state index in [1.54, 1.807) is 29.2 Å². The van der Waals surface area contributed by atoms with Crippen LogP contribution >= 0.6 is 0 Å². The summed E-state index contributed by atoms with van der Waals surface area (Å²) in [6, 6.07) is 17.7. The lowest BCUT2D eigenvalue weighted by Gasteiger charge is -2.32. The quantitative estimate of drug-likeness (QED) is 0.803. The molecule has 2 saturated heterocycles. The number of amides is 2. The van der Waals surface area contributed by atoms with Crippen LogP contribution in [0.4, 0.5) is 0 Å². The number of carbonyl (C=O) groups is 2. The van der Waals surface area contributed by atoms with E-state index in [4.69, 9.17) is 4.74 Å². The molecule has 2 fully saturated rings. The van der Waals surface area contributed by atoms with Gasteiger partial charge in [0.2, 0.25) is 0 Å². The van der Waals surface area contributed by atoms with E-state index in [0.717, 1.165) is 32.4 Å². The van der Waals surface area contributed by atoms with Crippen molar-refractivity contribution in [1.29, 1.82) is 0 Å². The minimum Gasteiger partial charge on any atom is -0.378 e. The summed E-state index contributed by atoms with van der Waals surface area (Å²) < 4.78 is 5.30. The first-order chi connectivity index (χ1) is 14.2. The van der Waals surface area contributed by atoms with Crippen molar-refractivity contribution in [2.45, 2.75) is 19.3 Å². The van der Waals surface area contributed by atoms with Crippen LogP contribution in [0, 0.1) is 5.92 Å². The highest BCUT2D eigenvalue weighted by atomic mass is 16.5. The monoisotopic (exact) mass is 392 g/mol. The number of nitrogens with zero attached hydrogens (tertiary/aromatic N) is 2. The molecule has 2 heterocycles. The van der Waals surface area contributed by atoms with E-state index in [-0.39, 0.29) is 11.8 Å². The molecular weight excluding hydrogens is 364 g/mol. The molecule has 0 aliphatic carbocycles. The number of piperidine rings is 1. The minimum atomic E-state index is 0.00836. The maximum Gasteiger partial charge on any atom is 0.254 e. The van der Waals surface area contributed by atoms with Gasteiger partial charge in [-0.1, -0.05) is 30.3 Å². The molecule has 2 aliphatic heterocycles. The van der Waals surface area contributed by atoms with Crippen LogP contribution in [-0.2, 0) is 11.2 Å². The highest BCUT2D eigenvalue weighted by molar-refractivity contribution is 5.97. The Labute approximate surface area is 172 Å². The Balaban J connectivity index is 1.31. The van der Waals surface area contributed by atoms with Crippen LogP contribution in [0.5, 0.6) is 0 Å². The average molecular weight is 392 g/mol. The summed E-state index contributed by atoms with van der Waals surface area (Å²) in [4.78, 5) is 29.2. The van der Waals surface area contributed by atoms with E-state index in [1.807, 2.05) is 11.0 Å². The van der Waals surface area contributed by atoms with Gasteiger partial charge in [-0.15, -0.1) is 0 Å². The summed E-state index contributed by atoms with van der Waals surface area (Å²) in [6.45, 7) is 4.01. The Morgan fingerprint density at radius 3 is 1.83 bits per heavy atom. The number of hydrogen-bond donors (Lipinski definition) is 0. The van der Waals surface area contributed by atoms with Crippen LogP contribution in [0.3, 0.4) is 0 Å². The van der Waals surface area contributed by atoms with Crippen molar-refractivity contribution >= 4 is 11.8 Å². The fourth-order valence-corrected chi connectivity index (χ4v) is 4.17. The molecule has 0 bridgehead atoms. The van der Waals surface area contributed by atoms with Gasteiger partial charge in [-0.3, -0.25) is 9.59 Å². The predicted molar refractivity (Wildman–Crippen MR) is 112 cm³/mol. The van der Waals surface area contributed by atoms with Gasteiger partial charge in [0.1, 0.15) is 0 Å². The predicted octanol–water partition coefficient (Wildman–Crippen LogP) is 3.25. The fraction of sp³-hybridized carbons (Fsp3) is 0.417. The van der Waals surface area contributed by atoms with Gasteiger partial charge in [0.15, 0.2) is 0 Å². The lowest BCUT2D eigenvalue weighted by atomic mass is 9.90. The Morgan fingerprint density at radius 1 is 0.759 bits per heavy atom. The third-order valence-corrected chi connectivity index (χ3v) is 5.95. The van der Waals surface area contributed by atoms with Crippen molar-refractivity contribution in [1.82, 2.24) is 9.80 Å². The lowest BCUT2D eigenvalue weighted by Crippen LogP contribution is -2.40. The molecule has 0 aromatic heterocycles. The molecule has 5 nitrogen and oxygen atoms in total. The number of likely N-dealkylation sites (tertiary alicyclic amines) is 1. The van der Waals surface area contributed by atoms with Gasteiger partial charge >= 0.3 is 0 Å². The third kappa shape index (κ3) is 4.85. The third-order valence-electron chi connectivity index (χ3n) is 5.95. The van der Waals surface area contributed by atoms with E-state index >= 15 is 0 Å². The SMILES string of the molecule is O=C(c1ccc(C(=O)N2CCC(Cc3ccccc3)CC2)cc1)N1CCOCC1. The van der Waals surface area contributed by atoms with E-state index < -0.39 is 0 Å². The molecule has 29 heavy (non-hydrogen) atoms. The van der Waals surface area contributed by atoms with Gasteiger partial charge in [0, 0.05) is 37.3 Å². The molecule has 0 atom stereocenters. The lowest BCUT2D eigenvalue weighted by molar-refractivity contribution is 0.0303. The van der Waals surface area contributed by atoms with Crippen LogP contribution in [0.1, 0.15) is 39.1 Å². The Bertz CT molecular complexity index is 821. The fourth-order valence-electron chi connectivity index (χ4n) is 4.17. The maximum absolute atomic E-state index is 12.9. The van der Waals surface area contributed by atoms with Crippen molar-refractivity contribution < 1.29 is 14.3 Å². The zero-order chi connectivity index (χ0) is 20.1. The number of rotatable bonds is 4. The van der Waals surface area contributed by atoms with Crippen molar-refractivity contribution in [2.24, 2.45) is 5.92 Å². The largest absolute Gasteiger partial charge is 0.378 e. The summed E-state index contributed by atoms with van der Waals surface area (Å²) in [6.07, 6.45) is 3.16. The van der Waals surface area contributed by atoms with Crippen LogP contribution < -0.4 is 0 Å². The number of morpholine rings is 1. The molecule has 4 rings (SSSR count). The molecular formula is C24H28N2O3. The first-order valence-electron chi connectivity index (χ1n) is 10.5. The van der Waals surface area contributed by atoms with Crippen LogP contribution in [-0.4, -0.2) is 61.0 Å². The van der Waals surface area contributed by atoms with Crippen molar-refractivity contribution in [2.75, 3.05) is 39.4 Å². The summed E-state index contributed by atoms with van der Waals surface area (Å²) in [5, 5.41) is 0.